The summed E-state index contributed by atoms with van der Waals surface area (Å²) in [7, 11) is -5.55. The lowest BCUT2D eigenvalue weighted by atomic mass is 10.2. The van der Waals surface area contributed by atoms with Crippen LogP contribution in [0, 0.1) is 3.57 Å². The van der Waals surface area contributed by atoms with Crippen LogP contribution in [0.5, 0.6) is 5.75 Å². The molecule has 1 unspecified atom stereocenters. The summed E-state index contributed by atoms with van der Waals surface area (Å²) in [4.78, 5) is -1.03. The highest BCUT2D eigenvalue weighted by Gasteiger charge is 2.47. The first kappa shape index (κ1) is 18.3. The van der Waals surface area contributed by atoms with Gasteiger partial charge in [0.1, 0.15) is 0 Å². The number of aliphatic hydroxyl groups excluding tert-OH is 2. The molecule has 0 saturated carbocycles. The first-order chi connectivity index (χ1) is 9.50. The smallest absolute Gasteiger partial charge is 0.501 e. The average molecular weight is 441 g/mol. The van der Waals surface area contributed by atoms with Crippen LogP contribution in [0.15, 0.2) is 17.0 Å². The highest BCUT2D eigenvalue weighted by molar-refractivity contribution is 14.1. The van der Waals surface area contributed by atoms with Crippen molar-refractivity contribution in [3.05, 3.63) is 15.7 Å². The molecule has 0 spiro atoms. The number of aromatic hydroxyl groups is 1. The number of anilines is 1. The summed E-state index contributed by atoms with van der Waals surface area (Å²) in [6, 6.07) is 1.30. The fourth-order valence-electron chi connectivity index (χ4n) is 1.29. The molecule has 0 aliphatic heterocycles. The van der Waals surface area contributed by atoms with E-state index in [1.807, 2.05) is 0 Å². The zero-order valence-corrected chi connectivity index (χ0v) is 13.2. The van der Waals surface area contributed by atoms with Crippen LogP contribution in [0.1, 0.15) is 0 Å². The number of hydrogen-bond donors (Lipinski definition) is 4. The van der Waals surface area contributed by atoms with Crippen molar-refractivity contribution in [1.82, 2.24) is 0 Å². The Balaban J connectivity index is 3.25. The summed E-state index contributed by atoms with van der Waals surface area (Å²) >= 11 is 1.48. The van der Waals surface area contributed by atoms with Crippen LogP contribution in [0.2, 0.25) is 0 Å². The Bertz CT molecular complexity index is 620. The molecule has 6 nitrogen and oxygen atoms in total. The molecule has 21 heavy (non-hydrogen) atoms. The van der Waals surface area contributed by atoms with Crippen molar-refractivity contribution in [3.8, 4) is 5.75 Å². The third kappa shape index (κ3) is 4.11. The minimum Gasteiger partial charge on any atom is -0.505 e. The number of alkyl halides is 3. The second-order valence-electron chi connectivity index (χ2n) is 3.97. The van der Waals surface area contributed by atoms with E-state index >= 15 is 0 Å². The van der Waals surface area contributed by atoms with Gasteiger partial charge in [0.15, 0.2) is 5.75 Å². The van der Waals surface area contributed by atoms with E-state index in [9.17, 15) is 26.7 Å². The highest BCUT2D eigenvalue weighted by atomic mass is 127. The SMILES string of the molecule is O=S(=O)(c1cc(I)c(O)c(NCC(O)CO)c1)C(F)(F)F. The van der Waals surface area contributed by atoms with Gasteiger partial charge in [0, 0.05) is 6.54 Å². The van der Waals surface area contributed by atoms with Gasteiger partial charge in [-0.2, -0.15) is 13.2 Å². The summed E-state index contributed by atoms with van der Waals surface area (Å²) in [5.41, 5.74) is -5.76. The molecule has 0 amide bonds. The number of rotatable bonds is 5. The Labute approximate surface area is 131 Å². The van der Waals surface area contributed by atoms with E-state index in [-0.39, 0.29) is 15.8 Å². The van der Waals surface area contributed by atoms with Gasteiger partial charge in [-0.25, -0.2) is 8.42 Å². The van der Waals surface area contributed by atoms with Gasteiger partial charge in [-0.15, -0.1) is 0 Å². The van der Waals surface area contributed by atoms with Gasteiger partial charge in [-0.1, -0.05) is 0 Å². The van der Waals surface area contributed by atoms with E-state index in [0.717, 1.165) is 0 Å². The van der Waals surface area contributed by atoms with Crippen LogP contribution >= 0.6 is 22.6 Å². The molecule has 0 aliphatic rings. The Morgan fingerprint density at radius 2 is 1.90 bits per heavy atom. The molecule has 11 heteroatoms. The van der Waals surface area contributed by atoms with E-state index < -0.39 is 38.7 Å². The van der Waals surface area contributed by atoms with Gasteiger partial charge in [0.25, 0.3) is 9.84 Å². The molecular formula is C10H11F3INO5S. The zero-order valence-electron chi connectivity index (χ0n) is 10.2. The third-order valence-electron chi connectivity index (χ3n) is 2.39. The Morgan fingerprint density at radius 1 is 1.33 bits per heavy atom. The molecule has 4 N–H and O–H groups in total. The predicted octanol–water partition coefficient (Wildman–Crippen LogP) is 1.06. The van der Waals surface area contributed by atoms with Gasteiger partial charge in [-0.3, -0.25) is 0 Å². The number of nitrogens with one attached hydrogen (secondary N) is 1. The third-order valence-corrected chi connectivity index (χ3v) is 4.68. The summed E-state index contributed by atoms with van der Waals surface area (Å²) in [5, 5.41) is 29.8. The van der Waals surface area contributed by atoms with Crippen molar-refractivity contribution in [2.75, 3.05) is 18.5 Å². The second kappa shape index (κ2) is 6.54. The number of aliphatic hydroxyl groups is 2. The monoisotopic (exact) mass is 441 g/mol. The van der Waals surface area contributed by atoms with Crippen molar-refractivity contribution >= 4 is 38.1 Å². The summed E-state index contributed by atoms with van der Waals surface area (Å²) < 4.78 is 60.1. The summed E-state index contributed by atoms with van der Waals surface area (Å²) in [6.07, 6.45) is -1.22. The van der Waals surface area contributed by atoms with Crippen LogP contribution in [0.25, 0.3) is 0 Å². The standard InChI is InChI=1S/C10H11F3INO5S/c11-10(12,13)21(19,20)6-1-7(14)9(18)8(2-6)15-3-5(17)4-16/h1-2,5,15-18H,3-4H2. The molecule has 0 radical (unpaired) electrons. The minimum absolute atomic E-state index is 0.112. The van der Waals surface area contributed by atoms with E-state index in [1.54, 1.807) is 0 Å². The highest BCUT2D eigenvalue weighted by Crippen LogP contribution is 2.37. The van der Waals surface area contributed by atoms with E-state index in [4.69, 9.17) is 10.2 Å². The normalized spacial score (nSPS) is 14.0. The van der Waals surface area contributed by atoms with Crippen LogP contribution in [0.3, 0.4) is 0 Å². The van der Waals surface area contributed by atoms with Crippen molar-refractivity contribution in [2.45, 2.75) is 16.5 Å². The van der Waals surface area contributed by atoms with Gasteiger partial charge >= 0.3 is 5.51 Å². The number of phenols is 1. The molecule has 0 aliphatic carbocycles. The van der Waals surface area contributed by atoms with E-state index in [2.05, 4.69) is 5.32 Å². The van der Waals surface area contributed by atoms with Crippen LogP contribution in [0.4, 0.5) is 18.9 Å². The van der Waals surface area contributed by atoms with Gasteiger partial charge in [0.05, 0.1) is 26.9 Å². The lowest BCUT2D eigenvalue weighted by Crippen LogP contribution is -2.25. The van der Waals surface area contributed by atoms with Gasteiger partial charge in [-0.05, 0) is 34.7 Å². The topological polar surface area (TPSA) is 107 Å². The predicted molar refractivity (Wildman–Crippen MR) is 75.6 cm³/mol. The Morgan fingerprint density at radius 3 is 2.38 bits per heavy atom. The first-order valence-electron chi connectivity index (χ1n) is 5.37. The molecule has 1 rings (SSSR count). The maximum absolute atomic E-state index is 12.5. The van der Waals surface area contributed by atoms with Crippen molar-refractivity contribution in [2.24, 2.45) is 0 Å². The Kier molecular flexibility index (Phi) is 5.69. The molecule has 1 aromatic carbocycles. The zero-order chi connectivity index (χ0) is 16.4. The molecule has 1 aromatic rings. The number of halogens is 4. The number of benzene rings is 1. The minimum atomic E-state index is -5.55. The molecule has 0 bridgehead atoms. The average Bonchev–Trinajstić information content (AvgIpc) is 2.38. The fraction of sp³-hybridized carbons (Fsp3) is 0.400. The van der Waals surface area contributed by atoms with Gasteiger partial charge < -0.3 is 20.6 Å². The van der Waals surface area contributed by atoms with Crippen LogP contribution < -0.4 is 5.32 Å². The van der Waals surface area contributed by atoms with E-state index in [1.165, 1.54) is 22.6 Å². The summed E-state index contributed by atoms with van der Waals surface area (Å²) in [5.74, 6) is -0.457. The molecule has 120 valence electrons. The molecule has 0 saturated heterocycles. The summed E-state index contributed by atoms with van der Waals surface area (Å²) in [6.45, 7) is -0.888. The fourth-order valence-corrected chi connectivity index (χ4v) is 2.94. The lowest BCUT2D eigenvalue weighted by Gasteiger charge is -2.15. The van der Waals surface area contributed by atoms with Crippen molar-refractivity contribution < 1.29 is 36.9 Å². The molecular weight excluding hydrogens is 430 g/mol. The van der Waals surface area contributed by atoms with Crippen LogP contribution in [-0.2, 0) is 9.84 Å². The Hall–Kier alpha value is -0.790. The van der Waals surface area contributed by atoms with Crippen LogP contribution in [-0.4, -0.2) is 48.5 Å². The maximum atomic E-state index is 12.5. The van der Waals surface area contributed by atoms with Crippen molar-refractivity contribution in [1.29, 1.82) is 0 Å². The molecule has 1 atom stereocenters. The maximum Gasteiger partial charge on any atom is 0.501 e. The largest absolute Gasteiger partial charge is 0.505 e. The number of sulfone groups is 1. The quantitative estimate of drug-likeness (QED) is 0.402. The van der Waals surface area contributed by atoms with E-state index in [0.29, 0.717) is 12.1 Å². The molecule has 0 heterocycles. The number of hydrogen-bond acceptors (Lipinski definition) is 6. The second-order valence-corrected chi connectivity index (χ2v) is 7.07. The van der Waals surface area contributed by atoms with Crippen molar-refractivity contribution in [3.63, 3.8) is 0 Å². The molecule has 0 fully saturated rings. The number of phenolic OH excluding ortho intramolecular Hbond substituents is 1. The van der Waals surface area contributed by atoms with Gasteiger partial charge in [0.2, 0.25) is 0 Å². The first-order valence-corrected chi connectivity index (χ1v) is 7.93. The molecule has 0 aromatic heterocycles. The lowest BCUT2D eigenvalue weighted by molar-refractivity contribution is -0.0436.